The second kappa shape index (κ2) is 7.70. The standard InChI is InChI=1S/C18H15NO4S/c20-17-16(24-18(21)19-17)12-13-5-4-8-15(11-13)23-10-9-22-14-6-2-1-3-7-14/h1-8,11-12H,9-10H2,(H,19,20,21)/b16-12-. The molecule has 0 bridgehead atoms. The first-order valence-electron chi connectivity index (χ1n) is 7.36. The third kappa shape index (κ3) is 4.39. The summed E-state index contributed by atoms with van der Waals surface area (Å²) in [7, 11) is 0. The van der Waals surface area contributed by atoms with Crippen molar-refractivity contribution in [1.29, 1.82) is 0 Å². The largest absolute Gasteiger partial charge is 0.490 e. The summed E-state index contributed by atoms with van der Waals surface area (Å²) in [5, 5.41) is 1.88. The molecule has 1 fully saturated rings. The Morgan fingerprint density at radius 3 is 2.33 bits per heavy atom. The number of benzene rings is 2. The number of nitrogens with one attached hydrogen (secondary N) is 1. The molecule has 2 aromatic carbocycles. The van der Waals surface area contributed by atoms with Gasteiger partial charge in [-0.3, -0.25) is 14.9 Å². The number of rotatable bonds is 6. The molecule has 1 aliphatic heterocycles. The van der Waals surface area contributed by atoms with E-state index in [0.717, 1.165) is 23.1 Å². The van der Waals surface area contributed by atoms with Crippen LogP contribution in [0.3, 0.4) is 0 Å². The Morgan fingerprint density at radius 1 is 0.917 bits per heavy atom. The van der Waals surface area contributed by atoms with E-state index in [1.165, 1.54) is 0 Å². The lowest BCUT2D eigenvalue weighted by atomic mass is 10.2. The van der Waals surface area contributed by atoms with E-state index in [1.807, 2.05) is 54.6 Å². The number of imide groups is 1. The van der Waals surface area contributed by atoms with Gasteiger partial charge in [-0.1, -0.05) is 30.3 Å². The minimum atomic E-state index is -0.368. The van der Waals surface area contributed by atoms with Crippen molar-refractivity contribution in [1.82, 2.24) is 5.32 Å². The summed E-state index contributed by atoms with van der Waals surface area (Å²) in [6.45, 7) is 0.838. The summed E-state index contributed by atoms with van der Waals surface area (Å²) < 4.78 is 11.2. The quantitative estimate of drug-likeness (QED) is 0.644. The summed E-state index contributed by atoms with van der Waals surface area (Å²) in [5.41, 5.74) is 0.795. The first kappa shape index (κ1) is 16.1. The third-order valence-corrected chi connectivity index (χ3v) is 3.97. The molecule has 0 spiro atoms. The Kier molecular flexibility index (Phi) is 5.18. The van der Waals surface area contributed by atoms with Crippen LogP contribution in [0, 0.1) is 0 Å². The number of hydrogen-bond donors (Lipinski definition) is 1. The molecule has 1 heterocycles. The molecule has 2 aromatic rings. The number of hydrogen-bond acceptors (Lipinski definition) is 5. The molecule has 0 aliphatic carbocycles. The monoisotopic (exact) mass is 341 g/mol. The maximum atomic E-state index is 11.6. The minimum absolute atomic E-state index is 0.350. The average Bonchev–Trinajstić information content (AvgIpc) is 2.90. The summed E-state index contributed by atoms with van der Waals surface area (Å²) in [6, 6.07) is 16.8. The summed E-state index contributed by atoms with van der Waals surface area (Å²) in [5.74, 6) is 1.11. The Morgan fingerprint density at radius 2 is 1.62 bits per heavy atom. The molecular weight excluding hydrogens is 326 g/mol. The molecule has 2 amide bonds. The number of carbonyl (C=O) groups excluding carboxylic acids is 2. The highest BCUT2D eigenvalue weighted by molar-refractivity contribution is 8.18. The lowest BCUT2D eigenvalue weighted by molar-refractivity contribution is -0.115. The van der Waals surface area contributed by atoms with Crippen LogP contribution >= 0.6 is 11.8 Å². The van der Waals surface area contributed by atoms with E-state index < -0.39 is 0 Å². The number of ether oxygens (including phenoxy) is 2. The van der Waals surface area contributed by atoms with Crippen molar-refractivity contribution in [3.63, 3.8) is 0 Å². The highest BCUT2D eigenvalue weighted by atomic mass is 32.2. The SMILES string of the molecule is O=C1NC(=O)/C(=C/c2cccc(OCCOc3ccccc3)c2)S1. The van der Waals surface area contributed by atoms with Crippen LogP contribution in [0.2, 0.25) is 0 Å². The zero-order valence-electron chi connectivity index (χ0n) is 12.7. The number of carbonyl (C=O) groups is 2. The van der Waals surface area contributed by atoms with Gasteiger partial charge in [0.1, 0.15) is 24.7 Å². The number of amides is 2. The van der Waals surface area contributed by atoms with Gasteiger partial charge < -0.3 is 9.47 Å². The van der Waals surface area contributed by atoms with Crippen molar-refractivity contribution in [2.75, 3.05) is 13.2 Å². The van der Waals surface area contributed by atoms with Crippen LogP contribution in [0.1, 0.15) is 5.56 Å². The van der Waals surface area contributed by atoms with E-state index >= 15 is 0 Å². The molecule has 3 rings (SSSR count). The van der Waals surface area contributed by atoms with Gasteiger partial charge in [-0.25, -0.2) is 0 Å². The topological polar surface area (TPSA) is 64.6 Å². The average molecular weight is 341 g/mol. The maximum Gasteiger partial charge on any atom is 0.290 e. The molecule has 0 atom stereocenters. The number of para-hydroxylation sites is 1. The van der Waals surface area contributed by atoms with Crippen molar-refractivity contribution >= 4 is 29.0 Å². The zero-order chi connectivity index (χ0) is 16.8. The molecule has 6 heteroatoms. The van der Waals surface area contributed by atoms with E-state index in [1.54, 1.807) is 6.08 Å². The van der Waals surface area contributed by atoms with Gasteiger partial charge in [0.25, 0.3) is 11.1 Å². The van der Waals surface area contributed by atoms with Crippen LogP contribution < -0.4 is 14.8 Å². The van der Waals surface area contributed by atoms with E-state index in [4.69, 9.17) is 9.47 Å². The third-order valence-electron chi connectivity index (χ3n) is 3.16. The fourth-order valence-corrected chi connectivity index (χ4v) is 2.78. The van der Waals surface area contributed by atoms with E-state index in [2.05, 4.69) is 5.32 Å². The smallest absolute Gasteiger partial charge is 0.290 e. The molecule has 24 heavy (non-hydrogen) atoms. The molecule has 0 unspecified atom stereocenters. The zero-order valence-corrected chi connectivity index (χ0v) is 13.5. The second-order valence-corrected chi connectivity index (χ2v) is 5.95. The predicted octanol–water partition coefficient (Wildman–Crippen LogP) is 3.47. The molecule has 1 saturated heterocycles. The van der Waals surface area contributed by atoms with Crippen LogP contribution in [-0.4, -0.2) is 24.4 Å². The fourth-order valence-electron chi connectivity index (χ4n) is 2.10. The van der Waals surface area contributed by atoms with Crippen LogP contribution in [0.25, 0.3) is 6.08 Å². The van der Waals surface area contributed by atoms with Crippen LogP contribution in [0.15, 0.2) is 59.5 Å². The van der Waals surface area contributed by atoms with E-state index in [9.17, 15) is 9.59 Å². The van der Waals surface area contributed by atoms with Gasteiger partial charge in [0, 0.05) is 0 Å². The van der Waals surface area contributed by atoms with Gasteiger partial charge in [0.15, 0.2) is 0 Å². The molecule has 122 valence electrons. The first-order chi connectivity index (χ1) is 11.7. The molecule has 0 aromatic heterocycles. The summed E-state index contributed by atoms with van der Waals surface area (Å²) >= 11 is 0.894. The van der Waals surface area contributed by atoms with Gasteiger partial charge in [0.2, 0.25) is 0 Å². The molecule has 0 radical (unpaired) electrons. The second-order valence-electron chi connectivity index (χ2n) is 4.93. The van der Waals surface area contributed by atoms with Crippen molar-refractivity contribution < 1.29 is 19.1 Å². The van der Waals surface area contributed by atoms with Crippen molar-refractivity contribution in [2.24, 2.45) is 0 Å². The Labute approximate surface area is 143 Å². The molecular formula is C18H15NO4S. The fraction of sp³-hybridized carbons (Fsp3) is 0.111. The van der Waals surface area contributed by atoms with Crippen molar-refractivity contribution in [3.8, 4) is 11.5 Å². The van der Waals surface area contributed by atoms with Gasteiger partial charge >= 0.3 is 0 Å². The lowest BCUT2D eigenvalue weighted by Gasteiger charge is -2.08. The van der Waals surface area contributed by atoms with Gasteiger partial charge in [-0.15, -0.1) is 0 Å². The predicted molar refractivity (Wildman–Crippen MR) is 93.0 cm³/mol. The van der Waals surface area contributed by atoms with Crippen LogP contribution in [-0.2, 0) is 4.79 Å². The Balaban J connectivity index is 1.55. The highest BCUT2D eigenvalue weighted by Gasteiger charge is 2.24. The molecule has 5 nitrogen and oxygen atoms in total. The highest BCUT2D eigenvalue weighted by Crippen LogP contribution is 2.26. The first-order valence-corrected chi connectivity index (χ1v) is 8.18. The van der Waals surface area contributed by atoms with E-state index in [0.29, 0.717) is 23.9 Å². The normalized spacial score (nSPS) is 15.4. The summed E-state index contributed by atoms with van der Waals surface area (Å²) in [6.07, 6.45) is 1.66. The van der Waals surface area contributed by atoms with E-state index in [-0.39, 0.29) is 11.1 Å². The van der Waals surface area contributed by atoms with Crippen molar-refractivity contribution in [3.05, 3.63) is 65.1 Å². The number of thioether (sulfide) groups is 1. The van der Waals surface area contributed by atoms with Gasteiger partial charge in [0.05, 0.1) is 4.91 Å². The minimum Gasteiger partial charge on any atom is -0.490 e. The van der Waals surface area contributed by atoms with Crippen LogP contribution in [0.4, 0.5) is 4.79 Å². The molecule has 0 saturated carbocycles. The van der Waals surface area contributed by atoms with Crippen molar-refractivity contribution in [2.45, 2.75) is 0 Å². The molecule has 1 N–H and O–H groups in total. The summed E-state index contributed by atoms with van der Waals surface area (Å²) in [4.78, 5) is 23.1. The van der Waals surface area contributed by atoms with Gasteiger partial charge in [-0.2, -0.15) is 0 Å². The Hall–Kier alpha value is -2.73. The van der Waals surface area contributed by atoms with Crippen LogP contribution in [0.5, 0.6) is 11.5 Å². The molecule has 1 aliphatic rings. The van der Waals surface area contributed by atoms with Gasteiger partial charge in [-0.05, 0) is 47.7 Å². The lowest BCUT2D eigenvalue weighted by Crippen LogP contribution is -2.17. The Bertz CT molecular complexity index is 774. The maximum absolute atomic E-state index is 11.6.